The molecule has 134 valence electrons. The number of nitrogens with one attached hydrogen (secondary N) is 2. The van der Waals surface area contributed by atoms with Crippen LogP contribution in [0, 0.1) is 0 Å². The van der Waals surface area contributed by atoms with Crippen LogP contribution in [0.3, 0.4) is 0 Å². The van der Waals surface area contributed by atoms with Gasteiger partial charge in [0.25, 0.3) is 0 Å². The van der Waals surface area contributed by atoms with Gasteiger partial charge in [-0.05, 0) is 36.4 Å². The van der Waals surface area contributed by atoms with Crippen LogP contribution in [0.4, 0.5) is 23.1 Å². The summed E-state index contributed by atoms with van der Waals surface area (Å²) in [5.41, 5.74) is 1.55. The van der Waals surface area contributed by atoms with Crippen LogP contribution in [0.25, 0.3) is 0 Å². The van der Waals surface area contributed by atoms with E-state index in [2.05, 4.69) is 20.6 Å². The summed E-state index contributed by atoms with van der Waals surface area (Å²) in [4.78, 5) is 8.66. The lowest BCUT2D eigenvalue weighted by Gasteiger charge is -2.11. The van der Waals surface area contributed by atoms with Crippen LogP contribution < -0.4 is 20.1 Å². The molecule has 3 rings (SSSR count). The van der Waals surface area contributed by atoms with Gasteiger partial charge in [-0.3, -0.25) is 0 Å². The number of rotatable bonds is 6. The number of anilines is 4. The number of hydrogen-bond acceptors (Lipinski definition) is 6. The molecule has 1 heterocycles. The predicted octanol–water partition coefficient (Wildman–Crippen LogP) is 5.29. The summed E-state index contributed by atoms with van der Waals surface area (Å²) in [5.74, 6) is 2.31. The van der Waals surface area contributed by atoms with E-state index in [9.17, 15) is 0 Å². The van der Waals surface area contributed by atoms with Crippen LogP contribution in [-0.2, 0) is 0 Å². The Hall–Kier alpha value is -2.70. The van der Waals surface area contributed by atoms with E-state index in [1.807, 2.05) is 12.1 Å². The summed E-state index contributed by atoms with van der Waals surface area (Å²) < 4.78 is 10.5. The molecule has 3 aromatic rings. The van der Waals surface area contributed by atoms with Crippen LogP contribution in [0.1, 0.15) is 0 Å². The predicted molar refractivity (Wildman–Crippen MR) is 105 cm³/mol. The number of ether oxygens (including phenoxy) is 2. The fourth-order valence-corrected chi connectivity index (χ4v) is 2.55. The molecule has 0 radical (unpaired) electrons. The van der Waals surface area contributed by atoms with E-state index in [-0.39, 0.29) is 0 Å². The maximum atomic E-state index is 6.03. The SMILES string of the molecule is COc1ccc(Nc2nccc(Nc3ccc(Cl)c(Cl)c3)n2)cc1OC. The van der Waals surface area contributed by atoms with Gasteiger partial charge >= 0.3 is 0 Å². The van der Waals surface area contributed by atoms with Crippen molar-refractivity contribution < 1.29 is 9.47 Å². The number of hydrogen-bond donors (Lipinski definition) is 2. The molecule has 6 nitrogen and oxygen atoms in total. The Kier molecular flexibility index (Phi) is 5.65. The van der Waals surface area contributed by atoms with E-state index < -0.39 is 0 Å². The zero-order valence-electron chi connectivity index (χ0n) is 14.1. The fourth-order valence-electron chi connectivity index (χ4n) is 2.25. The molecular formula is C18H16Cl2N4O2. The maximum absolute atomic E-state index is 6.03. The van der Waals surface area contributed by atoms with Crippen molar-refractivity contribution in [3.8, 4) is 11.5 Å². The third kappa shape index (κ3) is 4.28. The average Bonchev–Trinajstić information content (AvgIpc) is 2.65. The Morgan fingerprint density at radius 2 is 1.54 bits per heavy atom. The largest absolute Gasteiger partial charge is 0.493 e. The first-order valence-electron chi connectivity index (χ1n) is 7.63. The van der Waals surface area contributed by atoms with Crippen molar-refractivity contribution in [2.45, 2.75) is 0 Å². The Bertz CT molecular complexity index is 921. The molecule has 2 N–H and O–H groups in total. The van der Waals surface area contributed by atoms with Gasteiger partial charge in [0, 0.05) is 23.6 Å². The van der Waals surface area contributed by atoms with Gasteiger partial charge in [-0.2, -0.15) is 4.98 Å². The number of methoxy groups -OCH3 is 2. The minimum atomic E-state index is 0.433. The lowest BCUT2D eigenvalue weighted by atomic mass is 10.3. The highest BCUT2D eigenvalue weighted by Crippen LogP contribution is 2.31. The van der Waals surface area contributed by atoms with Gasteiger partial charge in [0.1, 0.15) is 5.82 Å². The molecule has 0 saturated carbocycles. The smallest absolute Gasteiger partial charge is 0.229 e. The molecule has 0 fully saturated rings. The van der Waals surface area contributed by atoms with Gasteiger partial charge in [0.15, 0.2) is 11.5 Å². The fraction of sp³-hybridized carbons (Fsp3) is 0.111. The van der Waals surface area contributed by atoms with Gasteiger partial charge in [0.05, 0.1) is 24.3 Å². The second kappa shape index (κ2) is 8.12. The van der Waals surface area contributed by atoms with Crippen LogP contribution in [-0.4, -0.2) is 24.2 Å². The molecule has 8 heteroatoms. The van der Waals surface area contributed by atoms with Crippen LogP contribution in [0.15, 0.2) is 48.7 Å². The Morgan fingerprint density at radius 3 is 2.27 bits per heavy atom. The number of aromatic nitrogens is 2. The summed E-state index contributed by atoms with van der Waals surface area (Å²) in [6.45, 7) is 0. The van der Waals surface area contributed by atoms with E-state index in [1.54, 1.807) is 50.7 Å². The van der Waals surface area contributed by atoms with Gasteiger partial charge < -0.3 is 20.1 Å². The molecule has 0 unspecified atom stereocenters. The maximum Gasteiger partial charge on any atom is 0.229 e. The first kappa shape index (κ1) is 18.1. The third-order valence-corrected chi connectivity index (χ3v) is 4.23. The number of benzene rings is 2. The number of halogens is 2. The monoisotopic (exact) mass is 390 g/mol. The zero-order valence-corrected chi connectivity index (χ0v) is 15.6. The Labute approximate surface area is 161 Å². The topological polar surface area (TPSA) is 68.3 Å². The van der Waals surface area contributed by atoms with Crippen LogP contribution >= 0.6 is 23.2 Å². The Morgan fingerprint density at radius 1 is 0.808 bits per heavy atom. The van der Waals surface area contributed by atoms with Crippen LogP contribution in [0.2, 0.25) is 10.0 Å². The standard InChI is InChI=1S/C18H16Cl2N4O2/c1-25-15-6-4-12(10-16(15)26-2)23-18-21-8-7-17(24-18)22-11-3-5-13(19)14(20)9-11/h3-10H,1-2H3,(H2,21,22,23,24). The normalized spacial score (nSPS) is 10.3. The zero-order chi connectivity index (χ0) is 18.5. The summed E-state index contributed by atoms with van der Waals surface area (Å²) in [5, 5.41) is 7.25. The molecule has 0 aliphatic rings. The molecular weight excluding hydrogens is 375 g/mol. The quantitative estimate of drug-likeness (QED) is 0.595. The van der Waals surface area contributed by atoms with E-state index in [0.29, 0.717) is 33.3 Å². The summed E-state index contributed by atoms with van der Waals surface area (Å²) >= 11 is 12.0. The van der Waals surface area contributed by atoms with E-state index in [4.69, 9.17) is 32.7 Å². The van der Waals surface area contributed by atoms with Crippen molar-refractivity contribution in [2.75, 3.05) is 24.9 Å². The van der Waals surface area contributed by atoms with Crippen molar-refractivity contribution in [2.24, 2.45) is 0 Å². The first-order chi connectivity index (χ1) is 12.6. The molecule has 1 aromatic heterocycles. The lowest BCUT2D eigenvalue weighted by Crippen LogP contribution is -2.01. The summed E-state index contributed by atoms with van der Waals surface area (Å²) in [6, 6.07) is 12.5. The van der Waals surface area contributed by atoms with Gasteiger partial charge in [-0.25, -0.2) is 4.98 Å². The minimum Gasteiger partial charge on any atom is -0.493 e. The highest BCUT2D eigenvalue weighted by molar-refractivity contribution is 6.42. The highest BCUT2D eigenvalue weighted by Gasteiger charge is 2.07. The molecule has 26 heavy (non-hydrogen) atoms. The van der Waals surface area contributed by atoms with Gasteiger partial charge in [0.2, 0.25) is 5.95 Å². The molecule has 0 aliphatic carbocycles. The summed E-state index contributed by atoms with van der Waals surface area (Å²) in [6.07, 6.45) is 1.65. The lowest BCUT2D eigenvalue weighted by molar-refractivity contribution is 0.355. The van der Waals surface area contributed by atoms with Crippen molar-refractivity contribution in [1.82, 2.24) is 9.97 Å². The van der Waals surface area contributed by atoms with E-state index in [0.717, 1.165) is 11.4 Å². The molecule has 0 atom stereocenters. The molecule has 0 bridgehead atoms. The van der Waals surface area contributed by atoms with Crippen molar-refractivity contribution >= 4 is 46.3 Å². The van der Waals surface area contributed by atoms with Gasteiger partial charge in [-0.1, -0.05) is 23.2 Å². The first-order valence-corrected chi connectivity index (χ1v) is 8.39. The summed E-state index contributed by atoms with van der Waals surface area (Å²) in [7, 11) is 3.17. The molecule has 0 amide bonds. The molecule has 0 saturated heterocycles. The second-order valence-corrected chi connectivity index (χ2v) is 6.03. The third-order valence-electron chi connectivity index (χ3n) is 3.49. The van der Waals surface area contributed by atoms with E-state index in [1.165, 1.54) is 0 Å². The highest BCUT2D eigenvalue weighted by atomic mass is 35.5. The van der Waals surface area contributed by atoms with Gasteiger partial charge in [-0.15, -0.1) is 0 Å². The minimum absolute atomic E-state index is 0.433. The van der Waals surface area contributed by atoms with E-state index >= 15 is 0 Å². The van der Waals surface area contributed by atoms with Crippen LogP contribution in [0.5, 0.6) is 11.5 Å². The second-order valence-electron chi connectivity index (χ2n) is 5.21. The molecule has 0 spiro atoms. The average molecular weight is 391 g/mol. The number of nitrogens with zero attached hydrogens (tertiary/aromatic N) is 2. The molecule has 2 aromatic carbocycles. The van der Waals surface area contributed by atoms with Crippen molar-refractivity contribution in [1.29, 1.82) is 0 Å². The van der Waals surface area contributed by atoms with Crippen molar-refractivity contribution in [3.63, 3.8) is 0 Å². The Balaban J connectivity index is 1.78. The molecule has 0 aliphatic heterocycles. The van der Waals surface area contributed by atoms with Crippen molar-refractivity contribution in [3.05, 3.63) is 58.7 Å².